The molecule has 7 nitrogen and oxygen atoms in total. The smallest absolute Gasteiger partial charge is 0.222 e. The largest absolute Gasteiger partial charge is 0.371 e. The van der Waals surface area contributed by atoms with Crippen LogP contribution in [0, 0.1) is 0 Å². The van der Waals surface area contributed by atoms with Crippen LogP contribution in [0.2, 0.25) is 0 Å². The van der Waals surface area contributed by atoms with Crippen molar-refractivity contribution in [3.05, 3.63) is 18.5 Å². The van der Waals surface area contributed by atoms with Crippen molar-refractivity contribution < 1.29 is 13.2 Å². The quantitative estimate of drug-likeness (QED) is 0.873. The van der Waals surface area contributed by atoms with E-state index in [1.807, 2.05) is 0 Å². The Morgan fingerprint density at radius 1 is 1.43 bits per heavy atom. The van der Waals surface area contributed by atoms with E-state index >= 15 is 0 Å². The van der Waals surface area contributed by atoms with Crippen LogP contribution in [0.25, 0.3) is 0 Å². The number of sulfonamides is 1. The van der Waals surface area contributed by atoms with Crippen LogP contribution in [-0.4, -0.2) is 60.3 Å². The molecule has 0 aliphatic carbocycles. The number of nitrogens with zero attached hydrogens (tertiary/aromatic N) is 3. The van der Waals surface area contributed by atoms with Gasteiger partial charge in [0.2, 0.25) is 16.0 Å². The predicted octanol–water partition coefficient (Wildman–Crippen LogP) is 0.472. The number of hydrogen-bond acceptors (Lipinski definition) is 6. The first-order chi connectivity index (χ1) is 9.97. The Morgan fingerprint density at radius 2 is 2.19 bits per heavy atom. The van der Waals surface area contributed by atoms with Crippen molar-refractivity contribution in [3.8, 4) is 0 Å². The van der Waals surface area contributed by atoms with E-state index in [1.165, 1.54) is 10.6 Å². The molecular weight excluding hydrogens is 292 g/mol. The topological polar surface area (TPSA) is 84.4 Å². The van der Waals surface area contributed by atoms with E-state index in [0.29, 0.717) is 25.6 Å². The summed E-state index contributed by atoms with van der Waals surface area (Å²) in [6.45, 7) is 1.58. The Morgan fingerprint density at radius 3 is 2.90 bits per heavy atom. The highest BCUT2D eigenvalue weighted by Crippen LogP contribution is 2.36. The lowest BCUT2D eigenvalue weighted by Gasteiger charge is -2.38. The second kappa shape index (κ2) is 5.51. The normalized spacial score (nSPS) is 30.6. The van der Waals surface area contributed by atoms with Gasteiger partial charge in [0.25, 0.3) is 0 Å². The lowest BCUT2D eigenvalue weighted by Crippen LogP contribution is -2.50. The van der Waals surface area contributed by atoms with Crippen LogP contribution in [0.5, 0.6) is 0 Å². The van der Waals surface area contributed by atoms with Gasteiger partial charge in [-0.25, -0.2) is 18.4 Å². The minimum absolute atomic E-state index is 0.118. The van der Waals surface area contributed by atoms with Gasteiger partial charge in [0.15, 0.2) is 0 Å². The third-order valence-corrected chi connectivity index (χ3v) is 5.33. The Bertz CT molecular complexity index is 595. The van der Waals surface area contributed by atoms with Gasteiger partial charge in [-0.15, -0.1) is 0 Å². The van der Waals surface area contributed by atoms with Crippen molar-refractivity contribution in [1.29, 1.82) is 0 Å². The summed E-state index contributed by atoms with van der Waals surface area (Å²) >= 11 is 0. The standard InChI is InChI=1S/C13H20N4O3S/c1-21(18,19)17-7-2-4-13(10-17)8-11(9-20-13)16-12-14-5-3-6-15-12/h3,5-6,11H,2,4,7-10H2,1H3,(H,14,15,16). The zero-order valence-corrected chi connectivity index (χ0v) is 12.8. The average molecular weight is 312 g/mol. The summed E-state index contributed by atoms with van der Waals surface area (Å²) in [6.07, 6.45) is 7.14. The zero-order valence-electron chi connectivity index (χ0n) is 12.0. The molecule has 2 aliphatic rings. The molecule has 2 fully saturated rings. The van der Waals surface area contributed by atoms with Gasteiger partial charge in [-0.1, -0.05) is 0 Å². The third-order valence-electron chi connectivity index (χ3n) is 4.08. The van der Waals surface area contributed by atoms with Gasteiger partial charge in [-0.05, 0) is 18.9 Å². The molecule has 0 saturated carbocycles. The SMILES string of the molecule is CS(=O)(=O)N1CCCC2(CC(Nc3ncccn3)CO2)C1. The molecule has 1 N–H and O–H groups in total. The molecule has 2 unspecified atom stereocenters. The Hall–Kier alpha value is -1.25. The molecule has 2 saturated heterocycles. The maximum Gasteiger partial charge on any atom is 0.222 e. The molecule has 3 heterocycles. The fraction of sp³-hybridized carbons (Fsp3) is 0.692. The van der Waals surface area contributed by atoms with Crippen LogP contribution in [0.15, 0.2) is 18.5 Å². The molecule has 3 rings (SSSR count). The van der Waals surface area contributed by atoms with Crippen molar-refractivity contribution in [3.63, 3.8) is 0 Å². The summed E-state index contributed by atoms with van der Waals surface area (Å²) in [4.78, 5) is 8.29. The van der Waals surface area contributed by atoms with E-state index in [4.69, 9.17) is 4.74 Å². The Labute approximate surface area is 124 Å². The molecule has 1 spiro atoms. The number of hydrogen-bond donors (Lipinski definition) is 1. The highest BCUT2D eigenvalue weighted by Gasteiger charge is 2.45. The highest BCUT2D eigenvalue weighted by molar-refractivity contribution is 7.88. The van der Waals surface area contributed by atoms with Gasteiger partial charge in [-0.3, -0.25) is 0 Å². The van der Waals surface area contributed by atoms with Crippen molar-refractivity contribution in [1.82, 2.24) is 14.3 Å². The molecular formula is C13H20N4O3S. The van der Waals surface area contributed by atoms with Crippen molar-refractivity contribution >= 4 is 16.0 Å². The first-order valence-corrected chi connectivity index (χ1v) is 8.94. The molecule has 21 heavy (non-hydrogen) atoms. The second-order valence-corrected chi connectivity index (χ2v) is 7.79. The first kappa shape index (κ1) is 14.7. The summed E-state index contributed by atoms with van der Waals surface area (Å²) in [5, 5.41) is 3.25. The highest BCUT2D eigenvalue weighted by atomic mass is 32.2. The maximum atomic E-state index is 11.7. The van der Waals surface area contributed by atoms with Gasteiger partial charge in [0, 0.05) is 31.9 Å². The molecule has 0 aromatic carbocycles. The van der Waals surface area contributed by atoms with Crippen LogP contribution in [-0.2, 0) is 14.8 Å². The summed E-state index contributed by atoms with van der Waals surface area (Å²) in [7, 11) is -3.16. The number of anilines is 1. The minimum Gasteiger partial charge on any atom is -0.371 e. The molecule has 116 valence electrons. The van der Waals surface area contributed by atoms with E-state index in [1.54, 1.807) is 18.5 Å². The summed E-state index contributed by atoms with van der Waals surface area (Å²) in [6, 6.07) is 1.88. The predicted molar refractivity (Wildman–Crippen MR) is 78.4 cm³/mol. The lowest BCUT2D eigenvalue weighted by molar-refractivity contribution is -0.0328. The lowest BCUT2D eigenvalue weighted by atomic mass is 9.90. The monoisotopic (exact) mass is 312 g/mol. The van der Waals surface area contributed by atoms with E-state index in [-0.39, 0.29) is 11.6 Å². The van der Waals surface area contributed by atoms with Gasteiger partial charge in [-0.2, -0.15) is 4.31 Å². The van der Waals surface area contributed by atoms with Crippen LogP contribution in [0.1, 0.15) is 19.3 Å². The van der Waals surface area contributed by atoms with E-state index in [2.05, 4.69) is 15.3 Å². The molecule has 0 amide bonds. The summed E-state index contributed by atoms with van der Waals surface area (Å²) in [5.41, 5.74) is -0.367. The van der Waals surface area contributed by atoms with Crippen molar-refractivity contribution in [2.75, 3.05) is 31.3 Å². The van der Waals surface area contributed by atoms with Crippen LogP contribution >= 0.6 is 0 Å². The minimum atomic E-state index is -3.16. The van der Waals surface area contributed by atoms with Gasteiger partial charge in [0.1, 0.15) is 0 Å². The molecule has 2 aliphatic heterocycles. The summed E-state index contributed by atoms with van der Waals surface area (Å²) < 4.78 is 31.0. The fourth-order valence-electron chi connectivity index (χ4n) is 3.12. The van der Waals surface area contributed by atoms with E-state index in [9.17, 15) is 8.42 Å². The molecule has 1 aromatic heterocycles. The molecule has 2 atom stereocenters. The molecule has 1 aromatic rings. The zero-order chi connectivity index (χ0) is 14.9. The van der Waals surface area contributed by atoms with Crippen LogP contribution in [0.4, 0.5) is 5.95 Å². The van der Waals surface area contributed by atoms with E-state index < -0.39 is 10.0 Å². The van der Waals surface area contributed by atoms with Crippen LogP contribution in [0.3, 0.4) is 0 Å². The molecule has 0 radical (unpaired) electrons. The molecule has 8 heteroatoms. The Balaban J connectivity index is 1.65. The van der Waals surface area contributed by atoms with Gasteiger partial charge < -0.3 is 10.1 Å². The summed E-state index contributed by atoms with van der Waals surface area (Å²) in [5.74, 6) is 0.582. The molecule has 0 bridgehead atoms. The van der Waals surface area contributed by atoms with Gasteiger partial charge in [0.05, 0.1) is 24.5 Å². The fourth-order valence-corrected chi connectivity index (χ4v) is 4.05. The van der Waals surface area contributed by atoms with Crippen LogP contribution < -0.4 is 5.32 Å². The number of nitrogens with one attached hydrogen (secondary N) is 1. The first-order valence-electron chi connectivity index (χ1n) is 7.10. The maximum absolute atomic E-state index is 11.7. The number of ether oxygens (including phenoxy) is 1. The van der Waals surface area contributed by atoms with Gasteiger partial charge >= 0.3 is 0 Å². The van der Waals surface area contributed by atoms with Crippen molar-refractivity contribution in [2.24, 2.45) is 0 Å². The second-order valence-electron chi connectivity index (χ2n) is 5.81. The Kier molecular flexibility index (Phi) is 3.85. The average Bonchev–Trinajstić information content (AvgIpc) is 2.81. The number of aromatic nitrogens is 2. The number of piperidine rings is 1. The number of rotatable bonds is 3. The van der Waals surface area contributed by atoms with E-state index in [0.717, 1.165) is 19.3 Å². The third kappa shape index (κ3) is 3.33. The van der Waals surface area contributed by atoms with Crippen molar-refractivity contribution in [2.45, 2.75) is 30.9 Å².